The van der Waals surface area contributed by atoms with Crippen LogP contribution >= 0.6 is 0 Å². The zero-order chi connectivity index (χ0) is 26.0. The number of aromatic nitrogens is 5. The third kappa shape index (κ3) is 3.24. The number of ether oxygens (including phenoxy) is 1. The number of aryl methyl sites for hydroxylation is 1. The Morgan fingerprint density at radius 2 is 1.97 bits per heavy atom. The highest BCUT2D eigenvalue weighted by atomic mass is 19.1. The third-order valence-corrected chi connectivity index (χ3v) is 8.56. The van der Waals surface area contributed by atoms with E-state index in [2.05, 4.69) is 15.1 Å². The highest BCUT2D eigenvalue weighted by Gasteiger charge is 2.66. The van der Waals surface area contributed by atoms with Crippen molar-refractivity contribution in [3.05, 3.63) is 71.8 Å². The summed E-state index contributed by atoms with van der Waals surface area (Å²) in [5.74, 6) is 2.01. The second-order valence-electron chi connectivity index (χ2n) is 10.3. The molecule has 38 heavy (non-hydrogen) atoms. The van der Waals surface area contributed by atoms with Crippen molar-refractivity contribution in [1.82, 2.24) is 25.1 Å². The summed E-state index contributed by atoms with van der Waals surface area (Å²) in [6.07, 6.45) is 2.75. The number of methoxy groups -OCH3 is 1. The molecule has 8 nitrogen and oxygen atoms in total. The molecular weight excluding hydrogens is 481 g/mol. The second kappa shape index (κ2) is 8.46. The van der Waals surface area contributed by atoms with Crippen LogP contribution in [-0.4, -0.2) is 51.9 Å². The van der Waals surface area contributed by atoms with E-state index in [1.165, 1.54) is 6.07 Å². The number of piperidine rings is 1. The topological polar surface area (TPSA) is 106 Å². The SMILES string of the molecule is COc1ccc(-c2n[nH]c3nc(N4CC[C@@H]5[C@H](C4)[C@@]5(CN)c4ccccc4F)cnc23)c2ccc(C)nc12. The monoisotopic (exact) mass is 509 g/mol. The zero-order valence-electron chi connectivity index (χ0n) is 21.3. The maximum absolute atomic E-state index is 14.7. The van der Waals surface area contributed by atoms with Gasteiger partial charge in [0.1, 0.15) is 34.1 Å². The lowest BCUT2D eigenvalue weighted by molar-refractivity contribution is 0.419. The van der Waals surface area contributed by atoms with Gasteiger partial charge >= 0.3 is 0 Å². The lowest BCUT2D eigenvalue weighted by atomic mass is 9.91. The number of pyridine rings is 1. The maximum atomic E-state index is 14.7. The smallest absolute Gasteiger partial charge is 0.177 e. The standard InChI is InChI=1S/C29H28FN7O/c1-16-7-8-17-18(9-10-23(38-2)25(17)33-16)26-27-28(36-35-26)34-24(13-32-27)37-12-11-19-21(14-37)29(19,15-31)20-5-3-4-6-22(20)30/h3-10,13,19,21H,11-12,14-15,31H2,1-2H3,(H,34,35,36)/t19-,21+,29-/m1/s1. The van der Waals surface area contributed by atoms with Crippen LogP contribution in [0.15, 0.2) is 54.7 Å². The fourth-order valence-electron chi connectivity index (χ4n) is 6.63. The molecule has 5 aromatic rings. The van der Waals surface area contributed by atoms with Crippen LogP contribution in [0.1, 0.15) is 17.7 Å². The lowest BCUT2D eigenvalue weighted by Crippen LogP contribution is -2.32. The molecule has 192 valence electrons. The summed E-state index contributed by atoms with van der Waals surface area (Å²) in [7, 11) is 1.65. The summed E-state index contributed by atoms with van der Waals surface area (Å²) >= 11 is 0. The van der Waals surface area contributed by atoms with Gasteiger partial charge in [-0.2, -0.15) is 5.10 Å². The number of aromatic amines is 1. The second-order valence-corrected chi connectivity index (χ2v) is 10.3. The molecule has 3 N–H and O–H groups in total. The summed E-state index contributed by atoms with van der Waals surface area (Å²) in [4.78, 5) is 16.6. The molecule has 0 amide bonds. The zero-order valence-corrected chi connectivity index (χ0v) is 21.3. The molecule has 3 atom stereocenters. The van der Waals surface area contributed by atoms with Crippen LogP contribution in [-0.2, 0) is 5.41 Å². The van der Waals surface area contributed by atoms with Gasteiger partial charge in [-0.15, -0.1) is 0 Å². The van der Waals surface area contributed by atoms with Crippen molar-refractivity contribution in [1.29, 1.82) is 0 Å². The van der Waals surface area contributed by atoms with E-state index < -0.39 is 0 Å². The molecule has 4 heterocycles. The number of nitrogens with two attached hydrogens (primary N) is 1. The Morgan fingerprint density at radius 3 is 2.79 bits per heavy atom. The molecule has 1 saturated heterocycles. The Labute approximate surface area is 219 Å². The molecule has 9 heteroatoms. The first-order valence-electron chi connectivity index (χ1n) is 12.9. The van der Waals surface area contributed by atoms with Crippen molar-refractivity contribution < 1.29 is 9.13 Å². The molecule has 0 spiro atoms. The normalized spacial score (nSPS) is 22.6. The van der Waals surface area contributed by atoms with Crippen LogP contribution in [0.5, 0.6) is 5.75 Å². The van der Waals surface area contributed by atoms with Crippen molar-refractivity contribution in [3.63, 3.8) is 0 Å². The average Bonchev–Trinajstić information content (AvgIpc) is 3.41. The number of rotatable bonds is 5. The van der Waals surface area contributed by atoms with Crippen LogP contribution in [0.25, 0.3) is 33.3 Å². The maximum Gasteiger partial charge on any atom is 0.177 e. The molecule has 2 aromatic carbocycles. The summed E-state index contributed by atoms with van der Waals surface area (Å²) < 4.78 is 20.3. The Balaban J connectivity index is 1.21. The van der Waals surface area contributed by atoms with E-state index in [1.54, 1.807) is 13.2 Å². The van der Waals surface area contributed by atoms with Crippen LogP contribution in [0.4, 0.5) is 10.2 Å². The molecule has 1 saturated carbocycles. The Morgan fingerprint density at radius 1 is 1.11 bits per heavy atom. The van der Waals surface area contributed by atoms with Gasteiger partial charge in [0.25, 0.3) is 0 Å². The molecule has 3 aromatic heterocycles. The first kappa shape index (κ1) is 23.0. The van der Waals surface area contributed by atoms with Gasteiger partial charge in [-0.3, -0.25) is 5.10 Å². The Hall–Kier alpha value is -4.11. The number of anilines is 1. The Bertz CT molecular complexity index is 1700. The first-order valence-corrected chi connectivity index (χ1v) is 12.9. The van der Waals surface area contributed by atoms with E-state index in [1.807, 2.05) is 49.5 Å². The molecule has 0 radical (unpaired) electrons. The number of H-pyrrole nitrogens is 1. The molecule has 1 aliphatic heterocycles. The fraction of sp³-hybridized carbons (Fsp3) is 0.310. The lowest BCUT2D eigenvalue weighted by Gasteiger charge is -2.26. The quantitative estimate of drug-likeness (QED) is 0.362. The summed E-state index contributed by atoms with van der Waals surface area (Å²) in [5.41, 5.74) is 11.4. The van der Waals surface area contributed by atoms with Crippen LogP contribution in [0, 0.1) is 24.6 Å². The molecule has 2 aliphatic rings. The van der Waals surface area contributed by atoms with E-state index in [0.29, 0.717) is 29.4 Å². The van der Waals surface area contributed by atoms with Crippen LogP contribution in [0.3, 0.4) is 0 Å². The highest BCUT2D eigenvalue weighted by molar-refractivity contribution is 6.02. The highest BCUT2D eigenvalue weighted by Crippen LogP contribution is 2.63. The van der Waals surface area contributed by atoms with Gasteiger partial charge in [-0.05, 0) is 55.0 Å². The van der Waals surface area contributed by atoms with Gasteiger partial charge in [0.05, 0.1) is 13.3 Å². The minimum Gasteiger partial charge on any atom is -0.494 e. The van der Waals surface area contributed by atoms with Crippen molar-refractivity contribution in [2.45, 2.75) is 18.8 Å². The molecule has 0 bridgehead atoms. The molecule has 1 aliphatic carbocycles. The van der Waals surface area contributed by atoms with Crippen LogP contribution in [0.2, 0.25) is 0 Å². The number of nitrogens with one attached hydrogen (secondary N) is 1. The minimum atomic E-state index is -0.305. The van der Waals surface area contributed by atoms with Crippen molar-refractivity contribution in [2.75, 3.05) is 31.6 Å². The molecule has 0 unspecified atom stereocenters. The summed E-state index contributed by atoms with van der Waals surface area (Å²) in [6.45, 7) is 4.00. The molecule has 7 rings (SSSR count). The number of nitrogens with zero attached hydrogens (tertiary/aromatic N) is 5. The van der Waals surface area contributed by atoms with Gasteiger partial charge in [0.2, 0.25) is 0 Å². The van der Waals surface area contributed by atoms with Crippen molar-refractivity contribution in [2.24, 2.45) is 17.6 Å². The number of hydrogen-bond donors (Lipinski definition) is 2. The van der Waals surface area contributed by atoms with Gasteiger partial charge in [-0.1, -0.05) is 24.3 Å². The van der Waals surface area contributed by atoms with Gasteiger partial charge in [0, 0.05) is 41.7 Å². The third-order valence-electron chi connectivity index (χ3n) is 8.56. The van der Waals surface area contributed by atoms with Crippen molar-refractivity contribution >= 4 is 27.9 Å². The predicted octanol–water partition coefficient (Wildman–Crippen LogP) is 4.38. The summed E-state index contributed by atoms with van der Waals surface area (Å²) in [5, 5.41) is 8.62. The molecular formula is C29H28FN7O. The number of hydrogen-bond acceptors (Lipinski definition) is 7. The first-order chi connectivity index (χ1) is 18.5. The summed E-state index contributed by atoms with van der Waals surface area (Å²) in [6, 6.07) is 15.0. The number of benzene rings is 2. The van der Waals surface area contributed by atoms with Crippen molar-refractivity contribution in [3.8, 4) is 17.0 Å². The van der Waals surface area contributed by atoms with E-state index in [4.69, 9.17) is 25.4 Å². The van der Waals surface area contributed by atoms with E-state index in [9.17, 15) is 4.39 Å². The van der Waals surface area contributed by atoms with E-state index >= 15 is 0 Å². The van der Waals surface area contributed by atoms with E-state index in [-0.39, 0.29) is 17.2 Å². The van der Waals surface area contributed by atoms with Gasteiger partial charge in [-0.25, -0.2) is 19.3 Å². The number of fused-ring (bicyclic) bond motifs is 3. The fourth-order valence-corrected chi connectivity index (χ4v) is 6.63. The predicted molar refractivity (Wildman–Crippen MR) is 145 cm³/mol. The number of halogens is 1. The van der Waals surface area contributed by atoms with Crippen LogP contribution < -0.4 is 15.4 Å². The van der Waals surface area contributed by atoms with Gasteiger partial charge < -0.3 is 15.4 Å². The largest absolute Gasteiger partial charge is 0.494 e. The average molecular weight is 510 g/mol. The molecule has 2 fully saturated rings. The van der Waals surface area contributed by atoms with E-state index in [0.717, 1.165) is 58.7 Å². The van der Waals surface area contributed by atoms with Gasteiger partial charge in [0.15, 0.2) is 5.65 Å². The Kier molecular flexibility index (Phi) is 5.13. The minimum absolute atomic E-state index is 0.165.